The number of aromatic amines is 1. The van der Waals surface area contributed by atoms with E-state index in [1.807, 2.05) is 58.9 Å². The van der Waals surface area contributed by atoms with Crippen LogP contribution in [0, 0.1) is 20.8 Å². The van der Waals surface area contributed by atoms with Gasteiger partial charge in [0, 0.05) is 17.4 Å². The van der Waals surface area contributed by atoms with E-state index in [1.165, 1.54) is 17.3 Å². The van der Waals surface area contributed by atoms with Crippen molar-refractivity contribution in [3.05, 3.63) is 51.4 Å². The van der Waals surface area contributed by atoms with Crippen molar-refractivity contribution in [3.63, 3.8) is 0 Å². The van der Waals surface area contributed by atoms with Crippen molar-refractivity contribution in [3.8, 4) is 0 Å². The Morgan fingerprint density at radius 1 is 1.25 bits per heavy atom. The summed E-state index contributed by atoms with van der Waals surface area (Å²) in [5.74, 6) is 0.0635. The Balaban J connectivity index is 1.83. The van der Waals surface area contributed by atoms with E-state index in [0.29, 0.717) is 16.2 Å². The van der Waals surface area contributed by atoms with Crippen molar-refractivity contribution in [1.82, 2.24) is 14.5 Å². The highest BCUT2D eigenvalue weighted by Gasteiger charge is 2.18. The number of nitrogens with one attached hydrogen (secondary N) is 2. The minimum Gasteiger partial charge on any atom is -0.353 e. The first-order chi connectivity index (χ1) is 13.3. The first-order valence-corrected chi connectivity index (χ1v) is 10.4. The summed E-state index contributed by atoms with van der Waals surface area (Å²) in [5.41, 5.74) is 5.04. The number of carbonyl (C=O) groups excluding carboxylic acids is 1. The van der Waals surface area contributed by atoms with Crippen molar-refractivity contribution in [2.24, 2.45) is 0 Å². The average Bonchev–Trinajstić information content (AvgIpc) is 3.03. The minimum absolute atomic E-state index is 0.00156. The SMILES string of the molecule is CCC(C)n1c(SCC(=O)Nc2ccc(C)c(C)c2)nc2cc(C)[nH]c2c1=O. The number of hydrogen-bond acceptors (Lipinski definition) is 4. The zero-order valence-corrected chi connectivity index (χ0v) is 17.7. The maximum absolute atomic E-state index is 12.9. The molecule has 28 heavy (non-hydrogen) atoms. The fourth-order valence-electron chi connectivity index (χ4n) is 3.01. The van der Waals surface area contributed by atoms with Gasteiger partial charge in [-0.25, -0.2) is 4.98 Å². The van der Waals surface area contributed by atoms with Gasteiger partial charge < -0.3 is 10.3 Å². The molecule has 148 valence electrons. The standard InChI is InChI=1S/C21H26N4O2S/c1-6-15(5)25-20(27)19-17(10-14(4)22-19)24-21(25)28-11-18(26)23-16-8-7-12(2)13(3)9-16/h7-10,15,22H,6,11H2,1-5H3,(H,23,26). The van der Waals surface area contributed by atoms with Gasteiger partial charge >= 0.3 is 0 Å². The number of nitrogens with zero attached hydrogens (tertiary/aromatic N) is 2. The quantitative estimate of drug-likeness (QED) is 0.478. The van der Waals surface area contributed by atoms with Crippen LogP contribution in [0.1, 0.15) is 43.1 Å². The second-order valence-corrected chi connectivity index (χ2v) is 8.12. The molecule has 1 aromatic carbocycles. The van der Waals surface area contributed by atoms with Crippen molar-refractivity contribution >= 4 is 34.4 Å². The van der Waals surface area contributed by atoms with Crippen molar-refractivity contribution in [2.45, 2.75) is 52.2 Å². The molecule has 0 fully saturated rings. The molecule has 0 radical (unpaired) electrons. The highest BCUT2D eigenvalue weighted by molar-refractivity contribution is 7.99. The Morgan fingerprint density at radius 2 is 2.00 bits per heavy atom. The largest absolute Gasteiger partial charge is 0.353 e. The number of thioether (sulfide) groups is 1. The first kappa shape index (κ1) is 20.2. The Labute approximate surface area is 168 Å². The third-order valence-corrected chi connectivity index (χ3v) is 5.89. The van der Waals surface area contributed by atoms with Gasteiger partial charge in [0.15, 0.2) is 5.16 Å². The third kappa shape index (κ3) is 4.14. The van der Waals surface area contributed by atoms with Crippen LogP contribution in [0.15, 0.2) is 34.2 Å². The highest BCUT2D eigenvalue weighted by Crippen LogP contribution is 2.23. The number of amides is 1. The second-order valence-electron chi connectivity index (χ2n) is 7.18. The van der Waals surface area contributed by atoms with E-state index in [2.05, 4.69) is 15.3 Å². The van der Waals surface area contributed by atoms with E-state index >= 15 is 0 Å². The van der Waals surface area contributed by atoms with Crippen molar-refractivity contribution < 1.29 is 4.79 Å². The molecule has 0 spiro atoms. The molecule has 0 aliphatic rings. The molecule has 0 saturated carbocycles. The van der Waals surface area contributed by atoms with Crippen LogP contribution < -0.4 is 10.9 Å². The molecule has 1 amide bonds. The molecule has 1 unspecified atom stereocenters. The fraction of sp³-hybridized carbons (Fsp3) is 0.381. The lowest BCUT2D eigenvalue weighted by Gasteiger charge is -2.17. The lowest BCUT2D eigenvalue weighted by molar-refractivity contribution is -0.113. The van der Waals surface area contributed by atoms with Crippen LogP contribution >= 0.6 is 11.8 Å². The normalized spacial score (nSPS) is 12.3. The van der Waals surface area contributed by atoms with E-state index in [0.717, 1.165) is 23.4 Å². The van der Waals surface area contributed by atoms with E-state index in [-0.39, 0.29) is 23.3 Å². The number of aromatic nitrogens is 3. The molecule has 0 saturated heterocycles. The molecule has 2 aromatic heterocycles. The number of rotatable bonds is 6. The molecule has 3 rings (SSSR count). The summed E-state index contributed by atoms with van der Waals surface area (Å²) in [6.45, 7) is 9.97. The van der Waals surface area contributed by atoms with E-state index in [4.69, 9.17) is 0 Å². The van der Waals surface area contributed by atoms with Crippen LogP contribution in [0.2, 0.25) is 0 Å². The third-order valence-electron chi connectivity index (χ3n) is 4.94. The summed E-state index contributed by atoms with van der Waals surface area (Å²) < 4.78 is 1.69. The Kier molecular flexibility index (Phi) is 5.93. The smallest absolute Gasteiger partial charge is 0.278 e. The molecule has 1 atom stereocenters. The highest BCUT2D eigenvalue weighted by atomic mass is 32.2. The maximum Gasteiger partial charge on any atom is 0.278 e. The number of carbonyl (C=O) groups is 1. The molecule has 2 N–H and O–H groups in total. The van der Waals surface area contributed by atoms with Crippen molar-refractivity contribution in [2.75, 3.05) is 11.1 Å². The Morgan fingerprint density at radius 3 is 2.68 bits per heavy atom. The zero-order chi connectivity index (χ0) is 20.4. The van der Waals surface area contributed by atoms with Gasteiger partial charge in [0.05, 0.1) is 11.3 Å². The number of benzene rings is 1. The topological polar surface area (TPSA) is 79.8 Å². The van der Waals surface area contributed by atoms with Gasteiger partial charge in [0.1, 0.15) is 5.52 Å². The van der Waals surface area contributed by atoms with Gasteiger partial charge in [-0.15, -0.1) is 0 Å². The summed E-state index contributed by atoms with van der Waals surface area (Å²) in [6, 6.07) is 7.70. The second kappa shape index (κ2) is 8.22. The molecular formula is C21H26N4O2S. The Bertz CT molecular complexity index is 1080. The predicted octanol–water partition coefficient (Wildman–Crippen LogP) is 4.35. The monoisotopic (exact) mass is 398 g/mol. The van der Waals surface area contributed by atoms with Gasteiger partial charge in [0.2, 0.25) is 5.91 Å². The zero-order valence-electron chi connectivity index (χ0n) is 16.9. The fourth-order valence-corrected chi connectivity index (χ4v) is 3.91. The molecule has 0 bridgehead atoms. The maximum atomic E-state index is 12.9. The summed E-state index contributed by atoms with van der Waals surface area (Å²) in [4.78, 5) is 33.1. The summed E-state index contributed by atoms with van der Waals surface area (Å²) in [7, 11) is 0. The predicted molar refractivity (Wildman–Crippen MR) is 115 cm³/mol. The number of hydrogen-bond donors (Lipinski definition) is 2. The van der Waals surface area contributed by atoms with Crippen LogP contribution in [-0.2, 0) is 4.79 Å². The van der Waals surface area contributed by atoms with Crippen molar-refractivity contribution in [1.29, 1.82) is 0 Å². The van der Waals surface area contributed by atoms with Gasteiger partial charge in [-0.3, -0.25) is 14.2 Å². The van der Waals surface area contributed by atoms with Crippen LogP contribution in [-0.4, -0.2) is 26.2 Å². The van der Waals surface area contributed by atoms with Crippen LogP contribution in [0.3, 0.4) is 0 Å². The molecule has 3 aromatic rings. The molecule has 2 heterocycles. The van der Waals surface area contributed by atoms with Gasteiger partial charge in [-0.05, 0) is 63.4 Å². The number of aryl methyl sites for hydroxylation is 3. The van der Waals surface area contributed by atoms with E-state index < -0.39 is 0 Å². The van der Waals surface area contributed by atoms with Crippen LogP contribution in [0.25, 0.3) is 11.0 Å². The van der Waals surface area contributed by atoms with E-state index in [1.54, 1.807) is 4.57 Å². The Hall–Kier alpha value is -2.54. The van der Waals surface area contributed by atoms with Crippen LogP contribution in [0.4, 0.5) is 5.69 Å². The number of H-pyrrole nitrogens is 1. The molecule has 7 heteroatoms. The number of anilines is 1. The van der Waals surface area contributed by atoms with Crippen LogP contribution in [0.5, 0.6) is 0 Å². The summed E-state index contributed by atoms with van der Waals surface area (Å²) in [5, 5.41) is 3.49. The van der Waals surface area contributed by atoms with Gasteiger partial charge in [-0.2, -0.15) is 0 Å². The summed E-state index contributed by atoms with van der Waals surface area (Å²) in [6.07, 6.45) is 0.801. The van der Waals surface area contributed by atoms with E-state index in [9.17, 15) is 9.59 Å². The molecule has 0 aliphatic carbocycles. The van der Waals surface area contributed by atoms with Gasteiger partial charge in [0.25, 0.3) is 5.56 Å². The minimum atomic E-state index is -0.122. The molecule has 0 aliphatic heterocycles. The number of fused-ring (bicyclic) bond motifs is 1. The lowest BCUT2D eigenvalue weighted by atomic mass is 10.1. The summed E-state index contributed by atoms with van der Waals surface area (Å²) >= 11 is 1.29. The van der Waals surface area contributed by atoms with Gasteiger partial charge in [-0.1, -0.05) is 24.8 Å². The lowest BCUT2D eigenvalue weighted by Crippen LogP contribution is -2.26. The molecule has 6 nitrogen and oxygen atoms in total. The average molecular weight is 399 g/mol. The first-order valence-electron chi connectivity index (χ1n) is 9.42. The molecular weight excluding hydrogens is 372 g/mol.